The lowest BCUT2D eigenvalue weighted by molar-refractivity contribution is 0.353. The van der Waals surface area contributed by atoms with Crippen LogP contribution in [0.2, 0.25) is 0 Å². The first-order valence-electron chi connectivity index (χ1n) is 6.18. The Morgan fingerprint density at radius 2 is 1.69 bits per heavy atom. The first kappa shape index (κ1) is 13.0. The maximum Gasteiger partial charge on any atom is 0.115 e. The molecule has 0 aliphatic rings. The normalized spacial score (nSPS) is 13.0. The van der Waals surface area contributed by atoms with Gasteiger partial charge in [-0.15, -0.1) is 0 Å². The van der Waals surface area contributed by atoms with Crippen molar-refractivity contribution in [2.24, 2.45) is 5.92 Å². The molecule has 1 aromatic rings. The van der Waals surface area contributed by atoms with E-state index in [9.17, 15) is 5.11 Å². The molecule has 0 spiro atoms. The average molecular weight is 221 g/mol. The fourth-order valence-corrected chi connectivity index (χ4v) is 2.06. The van der Waals surface area contributed by atoms with E-state index in [0.29, 0.717) is 11.8 Å². The molecule has 1 rings (SSSR count). The van der Waals surface area contributed by atoms with E-state index in [1.165, 1.54) is 18.4 Å². The second kappa shape index (κ2) is 6.54. The molecule has 2 nitrogen and oxygen atoms in total. The molecule has 0 saturated heterocycles. The van der Waals surface area contributed by atoms with Gasteiger partial charge in [0.15, 0.2) is 0 Å². The Kier molecular flexibility index (Phi) is 5.33. The van der Waals surface area contributed by atoms with Crippen LogP contribution in [0.4, 0.5) is 0 Å². The summed E-state index contributed by atoms with van der Waals surface area (Å²) in [4.78, 5) is 0. The molecule has 0 fully saturated rings. The van der Waals surface area contributed by atoms with Gasteiger partial charge in [0.2, 0.25) is 0 Å². The molecule has 0 heterocycles. The summed E-state index contributed by atoms with van der Waals surface area (Å²) in [5.74, 6) is 1.08. The summed E-state index contributed by atoms with van der Waals surface area (Å²) in [6.07, 6.45) is 2.44. The Morgan fingerprint density at radius 3 is 2.19 bits per heavy atom. The second-order valence-corrected chi connectivity index (χ2v) is 4.41. The van der Waals surface area contributed by atoms with Crippen molar-refractivity contribution in [3.63, 3.8) is 0 Å². The van der Waals surface area contributed by atoms with Gasteiger partial charge in [-0.25, -0.2) is 0 Å². The molecule has 2 N–H and O–H groups in total. The number of rotatable bonds is 6. The standard InChI is InChI=1S/C14H23NO/c1-4-13(5-2)11(3)15-10-12-6-8-14(16)9-7-12/h6-9,11,13,15-16H,4-5,10H2,1-3H3. The zero-order valence-electron chi connectivity index (χ0n) is 10.5. The lowest BCUT2D eigenvalue weighted by Gasteiger charge is -2.22. The maximum absolute atomic E-state index is 9.18. The SMILES string of the molecule is CCC(CC)C(C)NCc1ccc(O)cc1. The van der Waals surface area contributed by atoms with Crippen LogP contribution in [0.15, 0.2) is 24.3 Å². The van der Waals surface area contributed by atoms with Crippen LogP contribution in [-0.4, -0.2) is 11.1 Å². The lowest BCUT2D eigenvalue weighted by atomic mass is 9.95. The zero-order chi connectivity index (χ0) is 12.0. The highest BCUT2D eigenvalue weighted by molar-refractivity contribution is 5.25. The van der Waals surface area contributed by atoms with Crippen molar-refractivity contribution in [1.29, 1.82) is 0 Å². The van der Waals surface area contributed by atoms with Crippen molar-refractivity contribution in [2.45, 2.75) is 46.2 Å². The molecule has 0 aliphatic carbocycles. The molecule has 0 saturated carbocycles. The van der Waals surface area contributed by atoms with E-state index < -0.39 is 0 Å². The van der Waals surface area contributed by atoms with Crippen molar-refractivity contribution in [2.75, 3.05) is 0 Å². The van der Waals surface area contributed by atoms with Gasteiger partial charge in [-0.3, -0.25) is 0 Å². The van der Waals surface area contributed by atoms with E-state index in [0.717, 1.165) is 12.5 Å². The minimum absolute atomic E-state index is 0.330. The molecule has 0 aliphatic heterocycles. The molecule has 0 radical (unpaired) electrons. The van der Waals surface area contributed by atoms with Gasteiger partial charge in [0.25, 0.3) is 0 Å². The van der Waals surface area contributed by atoms with Crippen LogP contribution in [0.1, 0.15) is 39.2 Å². The largest absolute Gasteiger partial charge is 0.508 e. The molecule has 0 amide bonds. The Bertz CT molecular complexity index is 290. The maximum atomic E-state index is 9.18. The molecule has 1 unspecified atom stereocenters. The number of nitrogens with one attached hydrogen (secondary N) is 1. The Labute approximate surface area is 98.7 Å². The van der Waals surface area contributed by atoms with Crippen LogP contribution in [0, 0.1) is 5.92 Å². The van der Waals surface area contributed by atoms with Crippen molar-refractivity contribution in [1.82, 2.24) is 5.32 Å². The average Bonchev–Trinajstić information content (AvgIpc) is 2.30. The quantitative estimate of drug-likeness (QED) is 0.772. The number of phenols is 1. The first-order valence-corrected chi connectivity index (χ1v) is 6.18. The summed E-state index contributed by atoms with van der Waals surface area (Å²) in [6.45, 7) is 7.61. The molecule has 1 aromatic carbocycles. The third-order valence-corrected chi connectivity index (χ3v) is 3.32. The van der Waals surface area contributed by atoms with Crippen LogP contribution >= 0.6 is 0 Å². The Balaban J connectivity index is 2.42. The summed E-state index contributed by atoms with van der Waals surface area (Å²) in [6, 6.07) is 7.94. The molecule has 0 aromatic heterocycles. The van der Waals surface area contributed by atoms with Gasteiger partial charge in [0.05, 0.1) is 0 Å². The highest BCUT2D eigenvalue weighted by Gasteiger charge is 2.12. The third kappa shape index (κ3) is 3.86. The molecule has 0 bridgehead atoms. The first-order chi connectivity index (χ1) is 7.67. The number of phenolic OH excluding ortho intramolecular Hbond substituents is 1. The highest BCUT2D eigenvalue weighted by Crippen LogP contribution is 2.14. The van der Waals surface area contributed by atoms with Crippen molar-refractivity contribution in [3.8, 4) is 5.75 Å². The van der Waals surface area contributed by atoms with Gasteiger partial charge in [-0.05, 0) is 30.5 Å². The van der Waals surface area contributed by atoms with Crippen LogP contribution in [0.25, 0.3) is 0 Å². The van der Waals surface area contributed by atoms with E-state index in [-0.39, 0.29) is 0 Å². The summed E-state index contributed by atoms with van der Waals surface area (Å²) < 4.78 is 0. The number of aromatic hydroxyl groups is 1. The molecular formula is C14H23NO. The van der Waals surface area contributed by atoms with E-state index >= 15 is 0 Å². The predicted molar refractivity (Wildman–Crippen MR) is 68.5 cm³/mol. The molecule has 2 heteroatoms. The fraction of sp³-hybridized carbons (Fsp3) is 0.571. The Hall–Kier alpha value is -1.02. The summed E-state index contributed by atoms with van der Waals surface area (Å²) in [5, 5.41) is 12.7. The zero-order valence-corrected chi connectivity index (χ0v) is 10.5. The van der Waals surface area contributed by atoms with Crippen LogP contribution in [0.3, 0.4) is 0 Å². The predicted octanol–water partition coefficient (Wildman–Crippen LogP) is 3.31. The molecule has 90 valence electrons. The number of hydrogen-bond acceptors (Lipinski definition) is 2. The number of benzene rings is 1. The van der Waals surface area contributed by atoms with Gasteiger partial charge < -0.3 is 10.4 Å². The van der Waals surface area contributed by atoms with Gasteiger partial charge >= 0.3 is 0 Å². The third-order valence-electron chi connectivity index (χ3n) is 3.32. The monoisotopic (exact) mass is 221 g/mol. The second-order valence-electron chi connectivity index (χ2n) is 4.41. The summed E-state index contributed by atoms with van der Waals surface area (Å²) >= 11 is 0. The van der Waals surface area contributed by atoms with E-state index in [4.69, 9.17) is 0 Å². The highest BCUT2D eigenvalue weighted by atomic mass is 16.3. The lowest BCUT2D eigenvalue weighted by Crippen LogP contribution is -2.32. The summed E-state index contributed by atoms with van der Waals surface area (Å²) in [5.41, 5.74) is 1.22. The Morgan fingerprint density at radius 1 is 1.12 bits per heavy atom. The van der Waals surface area contributed by atoms with Crippen molar-refractivity contribution < 1.29 is 5.11 Å². The minimum atomic E-state index is 0.330. The smallest absolute Gasteiger partial charge is 0.115 e. The number of hydrogen-bond donors (Lipinski definition) is 2. The van der Waals surface area contributed by atoms with Crippen molar-refractivity contribution in [3.05, 3.63) is 29.8 Å². The topological polar surface area (TPSA) is 32.3 Å². The van der Waals surface area contributed by atoms with Crippen LogP contribution in [0.5, 0.6) is 5.75 Å². The van der Waals surface area contributed by atoms with E-state index in [2.05, 4.69) is 26.1 Å². The summed E-state index contributed by atoms with van der Waals surface area (Å²) in [7, 11) is 0. The van der Waals surface area contributed by atoms with E-state index in [1.54, 1.807) is 12.1 Å². The van der Waals surface area contributed by atoms with Gasteiger partial charge in [0, 0.05) is 12.6 Å². The molecule has 16 heavy (non-hydrogen) atoms. The fourth-order valence-electron chi connectivity index (χ4n) is 2.06. The van der Waals surface area contributed by atoms with Crippen molar-refractivity contribution >= 4 is 0 Å². The van der Waals surface area contributed by atoms with E-state index in [1.807, 2.05) is 12.1 Å². The molecular weight excluding hydrogens is 198 g/mol. The minimum Gasteiger partial charge on any atom is -0.508 e. The molecule has 1 atom stereocenters. The van der Waals surface area contributed by atoms with Gasteiger partial charge in [-0.1, -0.05) is 38.8 Å². The van der Waals surface area contributed by atoms with Gasteiger partial charge in [-0.2, -0.15) is 0 Å². The van der Waals surface area contributed by atoms with Crippen LogP contribution in [-0.2, 0) is 6.54 Å². The van der Waals surface area contributed by atoms with Gasteiger partial charge in [0.1, 0.15) is 5.75 Å². The van der Waals surface area contributed by atoms with Crippen LogP contribution < -0.4 is 5.32 Å².